The first-order chi connectivity index (χ1) is 12.7. The average molecular weight is 374 g/mol. The van der Waals surface area contributed by atoms with Gasteiger partial charge in [0.1, 0.15) is 11.3 Å². The van der Waals surface area contributed by atoms with Crippen molar-refractivity contribution in [3.63, 3.8) is 0 Å². The molecule has 0 saturated heterocycles. The summed E-state index contributed by atoms with van der Waals surface area (Å²) in [6, 6.07) is 0.0125. The molecule has 7 nitrogen and oxygen atoms in total. The third-order valence-corrected chi connectivity index (χ3v) is 4.61. The van der Waals surface area contributed by atoms with Crippen molar-refractivity contribution >= 4 is 6.09 Å². The van der Waals surface area contributed by atoms with Crippen LogP contribution in [0.5, 0.6) is 0 Å². The van der Waals surface area contributed by atoms with Crippen LogP contribution < -0.4 is 5.73 Å². The van der Waals surface area contributed by atoms with Gasteiger partial charge >= 0.3 is 6.09 Å². The monoisotopic (exact) mass is 373 g/mol. The maximum atomic E-state index is 12.3. The molecule has 0 saturated carbocycles. The number of fused-ring (bicyclic) bond motifs is 1. The number of carbonyl (C=O) groups is 1. The van der Waals surface area contributed by atoms with E-state index in [1.54, 1.807) is 4.90 Å². The first-order valence-corrected chi connectivity index (χ1v) is 9.29. The van der Waals surface area contributed by atoms with Crippen molar-refractivity contribution in [3.05, 3.63) is 48.0 Å². The number of hydrogen-bond acceptors (Lipinski definition) is 5. The Morgan fingerprint density at radius 1 is 1.37 bits per heavy atom. The van der Waals surface area contributed by atoms with E-state index in [0.717, 1.165) is 17.0 Å². The molecule has 1 aliphatic heterocycles. The van der Waals surface area contributed by atoms with Crippen LogP contribution >= 0.6 is 0 Å². The van der Waals surface area contributed by atoms with E-state index < -0.39 is 5.60 Å². The van der Waals surface area contributed by atoms with Crippen molar-refractivity contribution in [2.24, 2.45) is 11.7 Å². The molecule has 1 aliphatic rings. The Kier molecular flexibility index (Phi) is 6.46. The Morgan fingerprint density at radius 2 is 2.07 bits per heavy atom. The van der Waals surface area contributed by atoms with Gasteiger partial charge in [-0.2, -0.15) is 0 Å². The van der Waals surface area contributed by atoms with Crippen molar-refractivity contribution in [3.8, 4) is 0 Å². The SMILES string of the molecule is C=CC(C)/C(=C\C=C/N)C(C)n1nnc2c1CCN(C(=O)OC(C)(C)C)C2. The van der Waals surface area contributed by atoms with E-state index in [0.29, 0.717) is 19.5 Å². The molecule has 1 amide bonds. The van der Waals surface area contributed by atoms with Crippen molar-refractivity contribution in [1.82, 2.24) is 19.9 Å². The van der Waals surface area contributed by atoms with Crippen LogP contribution in [0.25, 0.3) is 0 Å². The second-order valence-corrected chi connectivity index (χ2v) is 7.83. The summed E-state index contributed by atoms with van der Waals surface area (Å²) in [5.41, 5.74) is 8.01. The third kappa shape index (κ3) is 4.99. The average Bonchev–Trinajstić information content (AvgIpc) is 3.03. The standard InChI is InChI=1S/C20H31N5O2/c1-7-14(2)16(9-8-11-21)15(3)25-18-10-12-24(13-17(18)22-23-25)19(26)27-20(4,5)6/h7-9,11,14-15H,1,10,12-13,21H2,2-6H3/b11-8-,16-9+. The Morgan fingerprint density at radius 3 is 2.67 bits per heavy atom. The molecule has 1 aromatic heterocycles. The summed E-state index contributed by atoms with van der Waals surface area (Å²) in [6.07, 6.45) is 7.61. The Hall–Kier alpha value is -2.57. The van der Waals surface area contributed by atoms with Crippen LogP contribution in [0.4, 0.5) is 4.79 Å². The summed E-state index contributed by atoms with van der Waals surface area (Å²) in [4.78, 5) is 14.0. The maximum absolute atomic E-state index is 12.3. The molecule has 2 N–H and O–H groups in total. The van der Waals surface area contributed by atoms with Crippen LogP contribution in [0.1, 0.15) is 52.0 Å². The summed E-state index contributed by atoms with van der Waals surface area (Å²) in [5.74, 6) is 0.179. The lowest BCUT2D eigenvalue weighted by atomic mass is 9.94. The second-order valence-electron chi connectivity index (χ2n) is 7.83. The maximum Gasteiger partial charge on any atom is 0.410 e. The number of aromatic nitrogens is 3. The van der Waals surface area contributed by atoms with Gasteiger partial charge in [-0.3, -0.25) is 0 Å². The summed E-state index contributed by atoms with van der Waals surface area (Å²) >= 11 is 0. The van der Waals surface area contributed by atoms with Crippen LogP contribution in [0, 0.1) is 5.92 Å². The number of nitrogens with two attached hydrogens (primary N) is 1. The zero-order valence-electron chi connectivity index (χ0n) is 17.0. The lowest BCUT2D eigenvalue weighted by Gasteiger charge is -2.30. The highest BCUT2D eigenvalue weighted by atomic mass is 16.6. The smallest absolute Gasteiger partial charge is 0.410 e. The fourth-order valence-electron chi connectivity index (χ4n) is 3.14. The van der Waals surface area contributed by atoms with Crippen molar-refractivity contribution in [2.75, 3.05) is 6.54 Å². The molecule has 27 heavy (non-hydrogen) atoms. The predicted molar refractivity (Wildman–Crippen MR) is 106 cm³/mol. The van der Waals surface area contributed by atoms with Crippen LogP contribution in [0.15, 0.2) is 36.6 Å². The molecule has 0 aliphatic carbocycles. The normalized spacial score (nSPS) is 17.5. The molecule has 0 bridgehead atoms. The van der Waals surface area contributed by atoms with Crippen molar-refractivity contribution in [1.29, 1.82) is 0 Å². The molecule has 0 spiro atoms. The molecule has 2 atom stereocenters. The fraction of sp³-hybridized carbons (Fsp3) is 0.550. The van der Waals surface area contributed by atoms with Gasteiger partial charge in [0.2, 0.25) is 0 Å². The number of carbonyl (C=O) groups excluding carboxylic acids is 1. The van der Waals surface area contributed by atoms with Gasteiger partial charge in [-0.15, -0.1) is 11.7 Å². The van der Waals surface area contributed by atoms with Gasteiger partial charge in [0.25, 0.3) is 0 Å². The number of rotatable bonds is 5. The highest BCUT2D eigenvalue weighted by Crippen LogP contribution is 2.29. The summed E-state index contributed by atoms with van der Waals surface area (Å²) in [6.45, 7) is 14.7. The van der Waals surface area contributed by atoms with E-state index in [1.807, 2.05) is 43.7 Å². The highest BCUT2D eigenvalue weighted by molar-refractivity contribution is 5.68. The molecule has 0 radical (unpaired) electrons. The van der Waals surface area contributed by atoms with Crippen molar-refractivity contribution in [2.45, 2.75) is 59.2 Å². The molecule has 2 unspecified atom stereocenters. The molecule has 2 rings (SSSR count). The minimum Gasteiger partial charge on any atom is -0.444 e. The predicted octanol–water partition coefficient (Wildman–Crippen LogP) is 3.35. The zero-order valence-corrected chi connectivity index (χ0v) is 17.0. The first-order valence-electron chi connectivity index (χ1n) is 9.29. The van der Waals surface area contributed by atoms with Gasteiger partial charge in [-0.05, 0) is 51.5 Å². The second kappa shape index (κ2) is 8.41. The van der Waals surface area contributed by atoms with Crippen LogP contribution in [0.3, 0.4) is 0 Å². The summed E-state index contributed by atoms with van der Waals surface area (Å²) < 4.78 is 7.41. The molecule has 7 heteroatoms. The van der Waals surface area contributed by atoms with Crippen LogP contribution in [-0.2, 0) is 17.7 Å². The van der Waals surface area contributed by atoms with Gasteiger partial charge in [0, 0.05) is 13.0 Å². The van der Waals surface area contributed by atoms with E-state index in [-0.39, 0.29) is 18.1 Å². The van der Waals surface area contributed by atoms with E-state index in [9.17, 15) is 4.79 Å². The van der Waals surface area contributed by atoms with Crippen LogP contribution in [-0.4, -0.2) is 38.1 Å². The quantitative estimate of drug-likeness (QED) is 0.632. The number of amides is 1. The van der Waals surface area contributed by atoms with Gasteiger partial charge < -0.3 is 15.4 Å². The van der Waals surface area contributed by atoms with E-state index in [4.69, 9.17) is 10.5 Å². The zero-order chi connectivity index (χ0) is 20.2. The number of allylic oxidation sites excluding steroid dienone is 4. The van der Waals surface area contributed by atoms with Gasteiger partial charge in [0.15, 0.2) is 0 Å². The largest absolute Gasteiger partial charge is 0.444 e. The molecule has 0 aromatic carbocycles. The van der Waals surface area contributed by atoms with Gasteiger partial charge in [0.05, 0.1) is 18.3 Å². The van der Waals surface area contributed by atoms with E-state index in [1.165, 1.54) is 6.20 Å². The molecule has 2 heterocycles. The van der Waals surface area contributed by atoms with E-state index >= 15 is 0 Å². The topological polar surface area (TPSA) is 86.3 Å². The number of ether oxygens (including phenoxy) is 1. The lowest BCUT2D eigenvalue weighted by molar-refractivity contribution is 0.0220. The molecule has 148 valence electrons. The third-order valence-electron chi connectivity index (χ3n) is 4.61. The van der Waals surface area contributed by atoms with Crippen LogP contribution in [0.2, 0.25) is 0 Å². The fourth-order valence-corrected chi connectivity index (χ4v) is 3.14. The highest BCUT2D eigenvalue weighted by Gasteiger charge is 2.30. The Bertz CT molecular complexity index is 742. The molecule has 0 fully saturated rings. The molecule has 1 aromatic rings. The van der Waals surface area contributed by atoms with Gasteiger partial charge in [-0.25, -0.2) is 9.48 Å². The number of nitrogens with zero attached hydrogens (tertiary/aromatic N) is 4. The summed E-state index contributed by atoms with van der Waals surface area (Å²) in [7, 11) is 0. The van der Waals surface area contributed by atoms with Gasteiger partial charge in [-0.1, -0.05) is 24.3 Å². The minimum atomic E-state index is -0.513. The first kappa shape index (κ1) is 20.7. The molecular weight excluding hydrogens is 342 g/mol. The van der Waals surface area contributed by atoms with Crippen molar-refractivity contribution < 1.29 is 9.53 Å². The minimum absolute atomic E-state index is 0.0125. The Labute approximate surface area is 161 Å². The van der Waals surface area contributed by atoms with E-state index in [2.05, 4.69) is 30.7 Å². The molecular formula is C20H31N5O2. The number of hydrogen-bond donors (Lipinski definition) is 1. The lowest BCUT2D eigenvalue weighted by Crippen LogP contribution is -2.40. The summed E-state index contributed by atoms with van der Waals surface area (Å²) in [5, 5.41) is 8.69. The Balaban J connectivity index is 2.22.